The number of fused-ring (bicyclic) bond motifs is 2. The minimum absolute atomic E-state index is 0.188. The van der Waals surface area contributed by atoms with Gasteiger partial charge in [0.15, 0.2) is 0 Å². The van der Waals surface area contributed by atoms with Crippen molar-refractivity contribution >= 4 is 45.4 Å². The van der Waals surface area contributed by atoms with E-state index >= 15 is 0 Å². The first kappa shape index (κ1) is 23.6. The highest BCUT2D eigenvalue weighted by Gasteiger charge is 2.25. The lowest BCUT2D eigenvalue weighted by atomic mass is 9.97. The highest BCUT2D eigenvalue weighted by atomic mass is 35.5. The zero-order chi connectivity index (χ0) is 24.7. The summed E-state index contributed by atoms with van der Waals surface area (Å²) in [5.74, 6) is -1.99. The molecule has 4 aromatic rings. The number of benzene rings is 2. The molecule has 2 aromatic heterocycles. The monoisotopic (exact) mass is 481 g/mol. The molecule has 0 aliphatic heterocycles. The second kappa shape index (κ2) is 8.99. The van der Waals surface area contributed by atoms with Crippen LogP contribution in [0.4, 0.5) is 0 Å². The number of halogens is 1. The van der Waals surface area contributed by atoms with Crippen LogP contribution in [0.25, 0.3) is 33.1 Å². The summed E-state index contributed by atoms with van der Waals surface area (Å²) in [4.78, 5) is 36.8. The van der Waals surface area contributed by atoms with Crippen LogP contribution >= 0.6 is 11.6 Å². The maximum absolute atomic E-state index is 12.8. The fourth-order valence-corrected chi connectivity index (χ4v) is 4.28. The Hall–Kier alpha value is -3.58. The van der Waals surface area contributed by atoms with Crippen molar-refractivity contribution < 1.29 is 23.5 Å². The van der Waals surface area contributed by atoms with Crippen LogP contribution in [-0.4, -0.2) is 23.0 Å². The zero-order valence-electron chi connectivity index (χ0n) is 19.2. The first-order valence-electron chi connectivity index (χ1n) is 10.8. The van der Waals surface area contributed by atoms with Crippen molar-refractivity contribution in [3.8, 4) is 11.1 Å². The fourth-order valence-electron chi connectivity index (χ4n) is 4.15. The largest absolute Gasteiger partial charge is 0.480 e. The second-order valence-corrected chi connectivity index (χ2v) is 9.14. The van der Waals surface area contributed by atoms with Gasteiger partial charge < -0.3 is 19.3 Å². The normalized spacial score (nSPS) is 12.4. The lowest BCUT2D eigenvalue weighted by Gasteiger charge is -2.18. The van der Waals surface area contributed by atoms with E-state index in [2.05, 4.69) is 5.32 Å². The van der Waals surface area contributed by atoms with Crippen LogP contribution in [-0.2, 0) is 16.0 Å². The van der Waals surface area contributed by atoms with Gasteiger partial charge in [-0.1, -0.05) is 37.6 Å². The van der Waals surface area contributed by atoms with Crippen molar-refractivity contribution in [2.45, 2.75) is 40.2 Å². The molecule has 1 atom stereocenters. The molecule has 1 amide bonds. The van der Waals surface area contributed by atoms with Crippen LogP contribution in [0.15, 0.2) is 50.2 Å². The maximum Gasteiger partial charge on any atom is 0.340 e. The average Bonchev–Trinajstić information content (AvgIpc) is 3.20. The number of aliphatic carboxylic acids is 1. The molecule has 0 saturated heterocycles. The van der Waals surface area contributed by atoms with Crippen molar-refractivity contribution in [3.63, 3.8) is 0 Å². The summed E-state index contributed by atoms with van der Waals surface area (Å²) in [6, 6.07) is 8.23. The molecule has 0 spiro atoms. The molecule has 0 fully saturated rings. The molecule has 2 heterocycles. The smallest absolute Gasteiger partial charge is 0.340 e. The standard InChI is InChI=1S/C26H24ClNO6/c1-12(2)22(25(30)31)28-21(29)10-18-13(3)17-9-19-20(15-5-7-16(27)8-6-15)11-33-23(19)14(4)24(17)34-26(18)32/h5-9,11-12,22H,10H2,1-4H3,(H,28,29)(H,30,31)/t22-/m1/s1. The van der Waals surface area contributed by atoms with Gasteiger partial charge in [-0.3, -0.25) is 4.79 Å². The van der Waals surface area contributed by atoms with Crippen molar-refractivity contribution in [3.05, 3.63) is 68.7 Å². The summed E-state index contributed by atoms with van der Waals surface area (Å²) in [7, 11) is 0. The molecule has 0 aliphatic rings. The summed E-state index contributed by atoms with van der Waals surface area (Å²) in [6.45, 7) is 6.97. The van der Waals surface area contributed by atoms with Gasteiger partial charge in [0.25, 0.3) is 0 Å². The van der Waals surface area contributed by atoms with Crippen molar-refractivity contribution in [1.29, 1.82) is 0 Å². The Kier molecular flexibility index (Phi) is 6.23. The zero-order valence-corrected chi connectivity index (χ0v) is 19.9. The summed E-state index contributed by atoms with van der Waals surface area (Å²) in [6.07, 6.45) is 1.37. The van der Waals surface area contributed by atoms with Gasteiger partial charge in [0.05, 0.1) is 18.2 Å². The SMILES string of the molecule is Cc1c(CC(=O)N[C@@H](C(=O)O)C(C)C)c(=O)oc2c(C)c3occ(-c4ccc(Cl)cc4)c3cc12. The maximum atomic E-state index is 12.8. The fraction of sp³-hybridized carbons (Fsp3) is 0.269. The molecule has 0 radical (unpaired) electrons. The number of furan rings is 1. The third-order valence-corrected chi connectivity index (χ3v) is 6.34. The van der Waals surface area contributed by atoms with E-state index in [0.29, 0.717) is 32.7 Å². The third-order valence-electron chi connectivity index (χ3n) is 6.08. The Bertz CT molecular complexity index is 1480. The molecule has 8 heteroatoms. The predicted octanol–water partition coefficient (Wildman–Crippen LogP) is 5.24. The number of hydrogen-bond donors (Lipinski definition) is 2. The Balaban J connectivity index is 1.81. The third kappa shape index (κ3) is 4.19. The number of hydrogen-bond acceptors (Lipinski definition) is 5. The van der Waals surface area contributed by atoms with Gasteiger partial charge in [0, 0.05) is 26.9 Å². The summed E-state index contributed by atoms with van der Waals surface area (Å²) in [5.41, 5.74) is 3.61. The second-order valence-electron chi connectivity index (χ2n) is 8.71. The molecule has 7 nitrogen and oxygen atoms in total. The van der Waals surface area contributed by atoms with E-state index in [1.54, 1.807) is 39.2 Å². The van der Waals surface area contributed by atoms with Crippen molar-refractivity contribution in [2.75, 3.05) is 0 Å². The minimum Gasteiger partial charge on any atom is -0.480 e. The van der Waals surface area contributed by atoms with Gasteiger partial charge >= 0.3 is 11.6 Å². The molecule has 2 aromatic carbocycles. The van der Waals surface area contributed by atoms with Crippen LogP contribution in [0.1, 0.15) is 30.5 Å². The Morgan fingerprint density at radius 3 is 2.35 bits per heavy atom. The molecule has 4 rings (SSSR count). The lowest BCUT2D eigenvalue weighted by Crippen LogP contribution is -2.45. The topological polar surface area (TPSA) is 110 Å². The predicted molar refractivity (Wildman–Crippen MR) is 130 cm³/mol. The van der Waals surface area contributed by atoms with E-state index < -0.39 is 23.5 Å². The molecule has 0 aliphatic carbocycles. The van der Waals surface area contributed by atoms with Gasteiger partial charge in [-0.05, 0) is 49.1 Å². The molecule has 0 unspecified atom stereocenters. The molecule has 176 valence electrons. The molecule has 0 saturated carbocycles. The number of carbonyl (C=O) groups is 2. The van der Waals surface area contributed by atoms with Crippen LogP contribution in [0, 0.1) is 19.8 Å². The van der Waals surface area contributed by atoms with Crippen LogP contribution < -0.4 is 10.9 Å². The average molecular weight is 482 g/mol. The molecule has 34 heavy (non-hydrogen) atoms. The molecular weight excluding hydrogens is 458 g/mol. The molecule has 0 bridgehead atoms. The van der Waals surface area contributed by atoms with Gasteiger partial charge in [0.1, 0.15) is 17.2 Å². The molecular formula is C26H24ClNO6. The van der Waals surface area contributed by atoms with Gasteiger partial charge in [-0.2, -0.15) is 0 Å². The number of rotatable bonds is 6. The van der Waals surface area contributed by atoms with Gasteiger partial charge in [-0.25, -0.2) is 9.59 Å². The van der Waals surface area contributed by atoms with E-state index in [1.807, 2.05) is 25.1 Å². The number of nitrogens with one attached hydrogen (secondary N) is 1. The summed E-state index contributed by atoms with van der Waals surface area (Å²) in [5, 5.41) is 14.0. The van der Waals surface area contributed by atoms with E-state index in [1.165, 1.54) is 0 Å². The number of carboxylic acids is 1. The Morgan fingerprint density at radius 1 is 1.06 bits per heavy atom. The number of aryl methyl sites for hydroxylation is 2. The highest BCUT2D eigenvalue weighted by Crippen LogP contribution is 2.37. The molecule has 2 N–H and O–H groups in total. The van der Waals surface area contributed by atoms with Crippen LogP contribution in [0.2, 0.25) is 5.02 Å². The van der Waals surface area contributed by atoms with E-state index in [9.17, 15) is 19.5 Å². The highest BCUT2D eigenvalue weighted by molar-refractivity contribution is 6.30. The minimum atomic E-state index is -1.13. The van der Waals surface area contributed by atoms with Crippen molar-refractivity contribution in [2.24, 2.45) is 5.92 Å². The quantitative estimate of drug-likeness (QED) is 0.364. The number of carboxylic acid groups (broad SMARTS) is 1. The first-order chi connectivity index (χ1) is 16.1. The Labute approximate surface area is 200 Å². The van der Waals surface area contributed by atoms with E-state index in [0.717, 1.165) is 16.5 Å². The van der Waals surface area contributed by atoms with Crippen molar-refractivity contribution in [1.82, 2.24) is 5.32 Å². The van der Waals surface area contributed by atoms with Crippen LogP contribution in [0.3, 0.4) is 0 Å². The van der Waals surface area contributed by atoms with Gasteiger partial charge in [-0.15, -0.1) is 0 Å². The van der Waals surface area contributed by atoms with E-state index in [-0.39, 0.29) is 17.9 Å². The van der Waals surface area contributed by atoms with Gasteiger partial charge in [0.2, 0.25) is 5.91 Å². The Morgan fingerprint density at radius 2 is 1.74 bits per heavy atom. The van der Waals surface area contributed by atoms with E-state index in [4.69, 9.17) is 20.4 Å². The van der Waals surface area contributed by atoms with Crippen LogP contribution in [0.5, 0.6) is 0 Å². The summed E-state index contributed by atoms with van der Waals surface area (Å²) >= 11 is 6.02. The summed E-state index contributed by atoms with van der Waals surface area (Å²) < 4.78 is 11.4. The number of carbonyl (C=O) groups excluding carboxylic acids is 1. The first-order valence-corrected chi connectivity index (χ1v) is 11.2. The number of amides is 1. The lowest BCUT2D eigenvalue weighted by molar-refractivity contribution is -0.143.